The highest BCUT2D eigenvalue weighted by atomic mass is 79.9. The number of rotatable bonds is 3. The van der Waals surface area contributed by atoms with E-state index in [4.69, 9.17) is 4.74 Å². The molecule has 0 aliphatic carbocycles. The molecule has 1 heterocycles. The zero-order valence-corrected chi connectivity index (χ0v) is 12.2. The fraction of sp³-hybridized carbons (Fsp3) is 0.600. The predicted octanol–water partition coefficient (Wildman–Crippen LogP) is 4.20. The van der Waals surface area contributed by atoms with E-state index in [1.54, 1.807) is 0 Å². The van der Waals surface area contributed by atoms with Crippen LogP contribution >= 0.6 is 15.9 Å². The minimum absolute atomic E-state index is 0.369. The second-order valence-corrected chi connectivity index (χ2v) is 6.27. The van der Waals surface area contributed by atoms with Crippen LogP contribution in [-0.2, 0) is 11.2 Å². The summed E-state index contributed by atoms with van der Waals surface area (Å²) in [5.74, 6) is 0.614. The van der Waals surface area contributed by atoms with Crippen LogP contribution in [-0.4, -0.2) is 17.0 Å². The Bertz CT molecular complexity index is 326. The maximum Gasteiger partial charge on any atom is 0.0592 e. The molecule has 0 radical (unpaired) electrons. The van der Waals surface area contributed by atoms with Crippen molar-refractivity contribution in [2.45, 2.75) is 50.1 Å². The third-order valence-electron chi connectivity index (χ3n) is 3.80. The summed E-state index contributed by atoms with van der Waals surface area (Å²) in [6.45, 7) is 4.45. The van der Waals surface area contributed by atoms with Gasteiger partial charge in [0.25, 0.3) is 0 Å². The molecule has 0 amide bonds. The zero-order valence-electron chi connectivity index (χ0n) is 10.6. The Balaban J connectivity index is 1.84. The molecule has 1 nitrogen and oxygen atoms in total. The Labute approximate surface area is 113 Å². The van der Waals surface area contributed by atoms with Crippen molar-refractivity contribution in [2.75, 3.05) is 0 Å². The summed E-state index contributed by atoms with van der Waals surface area (Å²) in [6.07, 6.45) is 4.16. The summed E-state index contributed by atoms with van der Waals surface area (Å²) >= 11 is 3.78. The Hall–Kier alpha value is -0.340. The van der Waals surface area contributed by atoms with Gasteiger partial charge in [-0.05, 0) is 37.7 Å². The van der Waals surface area contributed by atoms with Gasteiger partial charge < -0.3 is 4.74 Å². The second-order valence-electron chi connectivity index (χ2n) is 5.10. The first kappa shape index (κ1) is 13.1. The first-order valence-corrected chi connectivity index (χ1v) is 7.42. The SMILES string of the molecule is C[C@@H]1[C@H](Br)C[C@H](CCc2ccccc2)O[C@@H]1C. The zero-order chi connectivity index (χ0) is 12.3. The van der Waals surface area contributed by atoms with E-state index in [0.717, 1.165) is 19.3 Å². The lowest BCUT2D eigenvalue weighted by Crippen LogP contribution is -2.38. The van der Waals surface area contributed by atoms with Crippen molar-refractivity contribution in [1.82, 2.24) is 0 Å². The molecule has 1 aliphatic heterocycles. The molecule has 0 unspecified atom stereocenters. The quantitative estimate of drug-likeness (QED) is 0.760. The van der Waals surface area contributed by atoms with Crippen molar-refractivity contribution >= 4 is 15.9 Å². The third kappa shape index (κ3) is 3.56. The van der Waals surface area contributed by atoms with E-state index < -0.39 is 0 Å². The topological polar surface area (TPSA) is 9.23 Å². The van der Waals surface area contributed by atoms with Gasteiger partial charge in [-0.2, -0.15) is 0 Å². The molecule has 1 fully saturated rings. The Morgan fingerprint density at radius 1 is 1.24 bits per heavy atom. The molecule has 0 aromatic heterocycles. The summed E-state index contributed by atoms with van der Waals surface area (Å²) in [6, 6.07) is 10.7. The van der Waals surface area contributed by atoms with Crippen LogP contribution in [0.4, 0.5) is 0 Å². The molecule has 1 aliphatic rings. The van der Waals surface area contributed by atoms with Crippen molar-refractivity contribution in [1.29, 1.82) is 0 Å². The molecule has 0 N–H and O–H groups in total. The van der Waals surface area contributed by atoms with E-state index in [9.17, 15) is 0 Å². The maximum atomic E-state index is 6.06. The average molecular weight is 297 g/mol. The van der Waals surface area contributed by atoms with Gasteiger partial charge in [-0.3, -0.25) is 0 Å². The van der Waals surface area contributed by atoms with Gasteiger partial charge in [-0.15, -0.1) is 0 Å². The van der Waals surface area contributed by atoms with Gasteiger partial charge in [0, 0.05) is 4.83 Å². The fourth-order valence-electron chi connectivity index (χ4n) is 2.40. The van der Waals surface area contributed by atoms with Crippen LogP contribution in [0.2, 0.25) is 0 Å². The molecule has 17 heavy (non-hydrogen) atoms. The van der Waals surface area contributed by atoms with Crippen molar-refractivity contribution in [2.24, 2.45) is 5.92 Å². The number of hydrogen-bond acceptors (Lipinski definition) is 1. The minimum Gasteiger partial charge on any atom is -0.375 e. The molecule has 1 aromatic carbocycles. The van der Waals surface area contributed by atoms with Gasteiger partial charge in [0.1, 0.15) is 0 Å². The van der Waals surface area contributed by atoms with E-state index >= 15 is 0 Å². The number of benzene rings is 1. The lowest BCUT2D eigenvalue weighted by Gasteiger charge is -2.36. The fourth-order valence-corrected chi connectivity index (χ4v) is 3.25. The van der Waals surface area contributed by atoms with Crippen molar-refractivity contribution in [3.8, 4) is 0 Å². The normalized spacial score (nSPS) is 33.6. The van der Waals surface area contributed by atoms with Gasteiger partial charge in [0.2, 0.25) is 0 Å². The third-order valence-corrected chi connectivity index (χ3v) is 5.01. The van der Waals surface area contributed by atoms with Crippen LogP contribution in [0, 0.1) is 5.92 Å². The van der Waals surface area contributed by atoms with Crippen LogP contribution in [0.15, 0.2) is 30.3 Å². The van der Waals surface area contributed by atoms with Gasteiger partial charge in [-0.1, -0.05) is 53.2 Å². The summed E-state index contributed by atoms with van der Waals surface area (Å²) in [5, 5.41) is 0. The molecule has 4 atom stereocenters. The first-order chi connectivity index (χ1) is 8.16. The van der Waals surface area contributed by atoms with Crippen LogP contribution in [0.1, 0.15) is 32.3 Å². The molecule has 1 saturated heterocycles. The van der Waals surface area contributed by atoms with Gasteiger partial charge in [0.05, 0.1) is 12.2 Å². The van der Waals surface area contributed by atoms with Crippen molar-refractivity contribution < 1.29 is 4.74 Å². The Morgan fingerprint density at radius 2 is 1.94 bits per heavy atom. The van der Waals surface area contributed by atoms with E-state index in [0.29, 0.717) is 23.0 Å². The van der Waals surface area contributed by atoms with Gasteiger partial charge in [0.15, 0.2) is 0 Å². The Kier molecular flexibility index (Phi) is 4.63. The lowest BCUT2D eigenvalue weighted by molar-refractivity contribution is -0.0670. The molecule has 2 heteroatoms. The Morgan fingerprint density at radius 3 is 2.59 bits per heavy atom. The smallest absolute Gasteiger partial charge is 0.0592 e. The van der Waals surface area contributed by atoms with Crippen LogP contribution in [0.5, 0.6) is 0 Å². The standard InChI is InChI=1S/C15H21BrO/c1-11-12(2)17-14(10-15(11)16)9-8-13-6-4-3-5-7-13/h3-7,11-12,14-15H,8-10H2,1-2H3/t11-,12+,14-,15+/m0/s1. The second kappa shape index (κ2) is 6.01. The monoisotopic (exact) mass is 296 g/mol. The number of hydrogen-bond donors (Lipinski definition) is 0. The maximum absolute atomic E-state index is 6.06. The van der Waals surface area contributed by atoms with E-state index in [1.165, 1.54) is 5.56 Å². The van der Waals surface area contributed by atoms with E-state index in [2.05, 4.69) is 60.1 Å². The summed E-state index contributed by atoms with van der Waals surface area (Å²) < 4.78 is 6.06. The van der Waals surface area contributed by atoms with Gasteiger partial charge in [-0.25, -0.2) is 0 Å². The number of alkyl halides is 1. The minimum atomic E-state index is 0.369. The van der Waals surface area contributed by atoms with Crippen molar-refractivity contribution in [3.05, 3.63) is 35.9 Å². The molecule has 0 spiro atoms. The molecule has 2 rings (SSSR count). The molecule has 94 valence electrons. The summed E-state index contributed by atoms with van der Waals surface area (Å²) in [7, 11) is 0. The van der Waals surface area contributed by atoms with E-state index in [1.807, 2.05) is 0 Å². The van der Waals surface area contributed by atoms with E-state index in [-0.39, 0.29) is 0 Å². The highest BCUT2D eigenvalue weighted by Crippen LogP contribution is 2.31. The number of halogens is 1. The van der Waals surface area contributed by atoms with Crippen LogP contribution in [0.3, 0.4) is 0 Å². The summed E-state index contributed by atoms with van der Waals surface area (Å²) in [4.78, 5) is 0.604. The summed E-state index contributed by atoms with van der Waals surface area (Å²) in [5.41, 5.74) is 1.41. The average Bonchev–Trinajstić information content (AvgIpc) is 2.34. The molecule has 1 aromatic rings. The van der Waals surface area contributed by atoms with Crippen LogP contribution in [0.25, 0.3) is 0 Å². The lowest BCUT2D eigenvalue weighted by atomic mass is 9.92. The largest absolute Gasteiger partial charge is 0.375 e. The molecule has 0 bridgehead atoms. The highest BCUT2D eigenvalue weighted by Gasteiger charge is 2.31. The van der Waals surface area contributed by atoms with Crippen molar-refractivity contribution in [3.63, 3.8) is 0 Å². The number of ether oxygens (including phenoxy) is 1. The van der Waals surface area contributed by atoms with Crippen LogP contribution < -0.4 is 0 Å². The van der Waals surface area contributed by atoms with Gasteiger partial charge >= 0.3 is 0 Å². The molecular weight excluding hydrogens is 276 g/mol. The number of aryl methyl sites for hydroxylation is 1. The molecular formula is C15H21BrO. The predicted molar refractivity (Wildman–Crippen MR) is 75.6 cm³/mol. The molecule has 0 saturated carbocycles. The first-order valence-electron chi connectivity index (χ1n) is 6.50. The highest BCUT2D eigenvalue weighted by molar-refractivity contribution is 9.09.